The largest absolute Gasteiger partial charge is 0.423 e. The minimum absolute atomic E-state index is 0.423. The number of hydrogen-bond acceptors (Lipinski definition) is 3. The Hall–Kier alpha value is -3.17. The van der Waals surface area contributed by atoms with Crippen molar-refractivity contribution >= 4 is 28.5 Å². The zero-order valence-corrected chi connectivity index (χ0v) is 16.3. The molecule has 3 nitrogen and oxygen atoms in total. The SMILES string of the molecule is Cc1ccc(-c2cc(C(=O)Oc3ccc(Cl)cc3)c3cccc(C)c3n2)cc1. The highest BCUT2D eigenvalue weighted by Crippen LogP contribution is 2.28. The predicted octanol–water partition coefficient (Wildman–Crippen LogP) is 6.39. The molecule has 0 fully saturated rings. The average Bonchev–Trinajstić information content (AvgIpc) is 2.70. The lowest BCUT2D eigenvalue weighted by Gasteiger charge is -2.11. The minimum Gasteiger partial charge on any atom is -0.423 e. The van der Waals surface area contributed by atoms with Crippen LogP contribution in [-0.4, -0.2) is 11.0 Å². The number of fused-ring (bicyclic) bond motifs is 1. The van der Waals surface area contributed by atoms with E-state index < -0.39 is 5.97 Å². The van der Waals surface area contributed by atoms with E-state index in [-0.39, 0.29) is 0 Å². The fourth-order valence-electron chi connectivity index (χ4n) is 3.10. The summed E-state index contributed by atoms with van der Waals surface area (Å²) in [5, 5.41) is 1.36. The second-order valence-corrected chi connectivity index (χ2v) is 7.17. The van der Waals surface area contributed by atoms with Crippen LogP contribution in [0.4, 0.5) is 0 Å². The third-order valence-corrected chi connectivity index (χ3v) is 4.88. The van der Waals surface area contributed by atoms with E-state index in [0.29, 0.717) is 16.3 Å². The molecule has 0 aliphatic heterocycles. The Balaban J connectivity index is 1.83. The Bertz CT molecular complexity index is 1170. The van der Waals surface area contributed by atoms with Crippen LogP contribution in [0, 0.1) is 13.8 Å². The maximum Gasteiger partial charge on any atom is 0.344 e. The van der Waals surface area contributed by atoms with Gasteiger partial charge in [-0.25, -0.2) is 9.78 Å². The number of aryl methyl sites for hydroxylation is 2. The van der Waals surface area contributed by atoms with E-state index in [2.05, 4.69) is 0 Å². The first-order valence-corrected chi connectivity index (χ1v) is 9.34. The van der Waals surface area contributed by atoms with Gasteiger partial charge < -0.3 is 4.74 Å². The maximum atomic E-state index is 13.0. The number of benzene rings is 3. The minimum atomic E-state index is -0.423. The van der Waals surface area contributed by atoms with Crippen LogP contribution in [0.25, 0.3) is 22.2 Å². The maximum absolute atomic E-state index is 13.0. The number of esters is 1. The lowest BCUT2D eigenvalue weighted by molar-refractivity contribution is 0.0737. The van der Waals surface area contributed by atoms with Gasteiger partial charge in [0.25, 0.3) is 0 Å². The molecule has 0 amide bonds. The molecule has 1 heterocycles. The van der Waals surface area contributed by atoms with Gasteiger partial charge in [0.1, 0.15) is 5.75 Å². The standard InChI is InChI=1S/C24H18ClNO2/c1-15-6-8-17(9-7-15)22-14-21(20-5-3-4-16(2)23(20)26-22)24(27)28-19-12-10-18(25)11-13-19/h3-14H,1-2H3. The van der Waals surface area contributed by atoms with E-state index in [0.717, 1.165) is 27.7 Å². The van der Waals surface area contributed by atoms with Crippen molar-refractivity contribution in [2.24, 2.45) is 0 Å². The van der Waals surface area contributed by atoms with Crippen LogP contribution >= 0.6 is 11.6 Å². The van der Waals surface area contributed by atoms with Gasteiger partial charge in [-0.15, -0.1) is 0 Å². The normalized spacial score (nSPS) is 10.8. The van der Waals surface area contributed by atoms with Crippen LogP contribution in [0.15, 0.2) is 72.8 Å². The molecule has 0 bridgehead atoms. The predicted molar refractivity (Wildman–Crippen MR) is 113 cm³/mol. The Labute approximate surface area is 168 Å². The molecular weight excluding hydrogens is 370 g/mol. The Morgan fingerprint density at radius 1 is 0.929 bits per heavy atom. The Morgan fingerprint density at radius 3 is 2.36 bits per heavy atom. The highest BCUT2D eigenvalue weighted by atomic mass is 35.5. The lowest BCUT2D eigenvalue weighted by atomic mass is 10.0. The highest BCUT2D eigenvalue weighted by molar-refractivity contribution is 6.30. The summed E-state index contributed by atoms with van der Waals surface area (Å²) in [4.78, 5) is 17.8. The molecule has 138 valence electrons. The van der Waals surface area contributed by atoms with Crippen LogP contribution in [0.3, 0.4) is 0 Å². The summed E-state index contributed by atoms with van der Waals surface area (Å²) < 4.78 is 5.59. The zero-order valence-electron chi connectivity index (χ0n) is 15.6. The van der Waals surface area contributed by atoms with Crippen LogP contribution < -0.4 is 4.74 Å². The number of nitrogens with zero attached hydrogens (tertiary/aromatic N) is 1. The number of halogens is 1. The van der Waals surface area contributed by atoms with Crippen molar-refractivity contribution in [1.82, 2.24) is 4.98 Å². The fourth-order valence-corrected chi connectivity index (χ4v) is 3.22. The number of para-hydroxylation sites is 1. The third-order valence-electron chi connectivity index (χ3n) is 4.63. The average molecular weight is 388 g/mol. The van der Waals surface area contributed by atoms with Gasteiger partial charge in [-0.1, -0.05) is 59.6 Å². The molecule has 0 spiro atoms. The molecule has 0 radical (unpaired) electrons. The Kier molecular flexibility index (Phi) is 4.84. The smallest absolute Gasteiger partial charge is 0.344 e. The van der Waals surface area contributed by atoms with Gasteiger partial charge in [0.2, 0.25) is 0 Å². The number of hydrogen-bond donors (Lipinski definition) is 0. The summed E-state index contributed by atoms with van der Waals surface area (Å²) in [6.07, 6.45) is 0. The number of carbonyl (C=O) groups is 1. The van der Waals surface area contributed by atoms with Crippen LogP contribution in [0.5, 0.6) is 5.75 Å². The van der Waals surface area contributed by atoms with Gasteiger partial charge in [0.05, 0.1) is 16.8 Å². The zero-order chi connectivity index (χ0) is 19.7. The summed E-state index contributed by atoms with van der Waals surface area (Å²) in [6.45, 7) is 4.03. The number of aromatic nitrogens is 1. The van der Waals surface area contributed by atoms with Crippen molar-refractivity contribution in [2.45, 2.75) is 13.8 Å². The monoisotopic (exact) mass is 387 g/mol. The van der Waals surface area contributed by atoms with Crippen molar-refractivity contribution in [2.75, 3.05) is 0 Å². The van der Waals surface area contributed by atoms with Crippen LogP contribution in [-0.2, 0) is 0 Å². The first-order valence-electron chi connectivity index (χ1n) is 8.96. The highest BCUT2D eigenvalue weighted by Gasteiger charge is 2.17. The molecular formula is C24H18ClNO2. The number of rotatable bonds is 3. The van der Waals surface area contributed by atoms with Gasteiger partial charge in [-0.05, 0) is 49.7 Å². The molecule has 0 unspecified atom stereocenters. The van der Waals surface area contributed by atoms with E-state index in [1.54, 1.807) is 30.3 Å². The van der Waals surface area contributed by atoms with Crippen molar-refractivity contribution in [3.05, 3.63) is 94.5 Å². The topological polar surface area (TPSA) is 39.2 Å². The van der Waals surface area contributed by atoms with Crippen LogP contribution in [0.2, 0.25) is 5.02 Å². The summed E-state index contributed by atoms with van der Waals surface area (Å²) in [6, 6.07) is 22.4. The number of ether oxygens (including phenoxy) is 1. The van der Waals surface area contributed by atoms with Gasteiger partial charge in [-0.3, -0.25) is 0 Å². The molecule has 0 saturated heterocycles. The van der Waals surface area contributed by atoms with E-state index >= 15 is 0 Å². The second-order valence-electron chi connectivity index (χ2n) is 6.74. The first-order chi connectivity index (χ1) is 13.5. The molecule has 0 aliphatic rings. The third kappa shape index (κ3) is 3.62. The number of carbonyl (C=O) groups excluding carboxylic acids is 1. The van der Waals surface area contributed by atoms with Gasteiger partial charge in [-0.2, -0.15) is 0 Å². The first kappa shape index (κ1) is 18.2. The van der Waals surface area contributed by atoms with Gasteiger partial charge in [0, 0.05) is 16.0 Å². The molecule has 4 rings (SSSR count). The van der Waals surface area contributed by atoms with Crippen molar-refractivity contribution in [1.29, 1.82) is 0 Å². The molecule has 0 N–H and O–H groups in total. The summed E-state index contributed by atoms with van der Waals surface area (Å²) >= 11 is 5.91. The molecule has 1 aromatic heterocycles. The molecule has 4 aromatic rings. The van der Waals surface area contributed by atoms with E-state index in [1.165, 1.54) is 5.56 Å². The summed E-state index contributed by atoms with van der Waals surface area (Å²) in [7, 11) is 0. The van der Waals surface area contributed by atoms with Gasteiger partial charge in [0.15, 0.2) is 0 Å². The lowest BCUT2D eigenvalue weighted by Crippen LogP contribution is -2.10. The van der Waals surface area contributed by atoms with Crippen molar-refractivity contribution in [3.63, 3.8) is 0 Å². The molecule has 0 saturated carbocycles. The van der Waals surface area contributed by atoms with E-state index in [4.69, 9.17) is 21.3 Å². The van der Waals surface area contributed by atoms with E-state index in [1.807, 2.05) is 56.3 Å². The van der Waals surface area contributed by atoms with E-state index in [9.17, 15) is 4.79 Å². The molecule has 3 aromatic carbocycles. The molecule has 4 heteroatoms. The quantitative estimate of drug-likeness (QED) is 0.302. The fraction of sp³-hybridized carbons (Fsp3) is 0.0833. The number of pyridine rings is 1. The van der Waals surface area contributed by atoms with Crippen molar-refractivity contribution in [3.8, 4) is 17.0 Å². The summed E-state index contributed by atoms with van der Waals surface area (Å²) in [5.74, 6) is 0.0255. The van der Waals surface area contributed by atoms with Crippen LogP contribution in [0.1, 0.15) is 21.5 Å². The summed E-state index contributed by atoms with van der Waals surface area (Å²) in [5.41, 5.74) is 5.15. The second kappa shape index (κ2) is 7.45. The molecule has 0 aliphatic carbocycles. The Morgan fingerprint density at radius 2 is 1.64 bits per heavy atom. The molecule has 0 atom stereocenters. The van der Waals surface area contributed by atoms with Crippen molar-refractivity contribution < 1.29 is 9.53 Å². The van der Waals surface area contributed by atoms with Gasteiger partial charge >= 0.3 is 5.97 Å². The molecule has 28 heavy (non-hydrogen) atoms.